The maximum Gasteiger partial charge on any atom is 0.420 e. The summed E-state index contributed by atoms with van der Waals surface area (Å²) in [6, 6.07) is 4.43. The number of carbonyl (C=O) groups is 1. The molecular weight excluding hydrogens is 313 g/mol. The molecule has 92 valence electrons. The molecule has 1 aromatic carbocycles. The van der Waals surface area contributed by atoms with E-state index in [1.807, 2.05) is 0 Å². The van der Waals surface area contributed by atoms with Gasteiger partial charge in [-0.05, 0) is 25.1 Å². The molecule has 1 N–H and O–H groups in total. The van der Waals surface area contributed by atoms with Gasteiger partial charge in [-0.15, -0.1) is 0 Å². The quantitative estimate of drug-likeness (QED) is 0.636. The van der Waals surface area contributed by atoms with Crippen molar-refractivity contribution in [2.24, 2.45) is 0 Å². The highest BCUT2D eigenvalue weighted by atomic mass is 79.9. The van der Waals surface area contributed by atoms with Gasteiger partial charge in [-0.25, -0.2) is 13.5 Å². The highest BCUT2D eigenvalue weighted by Crippen LogP contribution is 2.42. The molecule has 1 saturated heterocycles. The van der Waals surface area contributed by atoms with Gasteiger partial charge in [0.2, 0.25) is 0 Å². The Morgan fingerprint density at radius 3 is 3.06 bits per heavy atom. The standard InChI is InChI=1S/C10H9BrFNO3S/c1-10(5-16-17-13(10)9(14)15)7-4-6(11)2-3-8(7)12/h2-4H,5H2,1H3,(H,14,15)/t10-/m0/s1. The lowest BCUT2D eigenvalue weighted by atomic mass is 9.92. The minimum absolute atomic E-state index is 0.108. The van der Waals surface area contributed by atoms with Crippen LogP contribution in [-0.2, 0) is 9.72 Å². The van der Waals surface area contributed by atoms with Crippen molar-refractivity contribution in [2.45, 2.75) is 12.5 Å². The maximum absolute atomic E-state index is 13.8. The Bertz CT molecular complexity index is 473. The van der Waals surface area contributed by atoms with Gasteiger partial charge in [0.05, 0.1) is 6.61 Å². The van der Waals surface area contributed by atoms with Gasteiger partial charge in [0.1, 0.15) is 23.6 Å². The molecule has 0 spiro atoms. The molecular formula is C10H9BrFNO3S. The zero-order valence-electron chi connectivity index (χ0n) is 8.81. The second kappa shape index (κ2) is 4.47. The second-order valence-electron chi connectivity index (χ2n) is 3.81. The molecule has 2 rings (SSSR count). The van der Waals surface area contributed by atoms with E-state index in [0.29, 0.717) is 10.0 Å². The van der Waals surface area contributed by atoms with Crippen LogP contribution in [0.25, 0.3) is 0 Å². The van der Waals surface area contributed by atoms with Crippen molar-refractivity contribution in [1.82, 2.24) is 4.31 Å². The zero-order chi connectivity index (χ0) is 12.6. The first-order chi connectivity index (χ1) is 7.95. The van der Waals surface area contributed by atoms with Crippen LogP contribution in [0.5, 0.6) is 0 Å². The van der Waals surface area contributed by atoms with Crippen molar-refractivity contribution in [1.29, 1.82) is 0 Å². The number of amides is 1. The molecule has 1 aliphatic heterocycles. The van der Waals surface area contributed by atoms with E-state index in [9.17, 15) is 9.18 Å². The SMILES string of the molecule is C[C@@]1(c2cc(Br)ccc2F)COSN1C(=O)O. The lowest BCUT2D eigenvalue weighted by Gasteiger charge is -2.29. The van der Waals surface area contributed by atoms with Gasteiger partial charge in [-0.1, -0.05) is 15.9 Å². The van der Waals surface area contributed by atoms with Gasteiger partial charge in [0, 0.05) is 10.0 Å². The summed E-state index contributed by atoms with van der Waals surface area (Å²) in [4.78, 5) is 11.1. The Kier molecular flexibility index (Phi) is 3.33. The first kappa shape index (κ1) is 12.7. The summed E-state index contributed by atoms with van der Waals surface area (Å²) in [6.45, 7) is 1.74. The summed E-state index contributed by atoms with van der Waals surface area (Å²) < 4.78 is 20.6. The van der Waals surface area contributed by atoms with Crippen LogP contribution in [0.15, 0.2) is 22.7 Å². The minimum Gasteiger partial charge on any atom is -0.464 e. The summed E-state index contributed by atoms with van der Waals surface area (Å²) in [7, 11) is 0. The summed E-state index contributed by atoms with van der Waals surface area (Å²) in [5.41, 5.74) is -0.732. The topological polar surface area (TPSA) is 49.8 Å². The molecule has 0 aliphatic carbocycles. The van der Waals surface area contributed by atoms with E-state index in [-0.39, 0.29) is 6.61 Å². The van der Waals surface area contributed by atoms with Crippen LogP contribution in [0.4, 0.5) is 9.18 Å². The highest BCUT2D eigenvalue weighted by molar-refractivity contribution is 9.10. The summed E-state index contributed by atoms with van der Waals surface area (Å²) in [5, 5.41) is 9.06. The number of nitrogens with zero attached hydrogens (tertiary/aromatic N) is 1. The largest absolute Gasteiger partial charge is 0.464 e. The third-order valence-electron chi connectivity index (χ3n) is 2.60. The zero-order valence-corrected chi connectivity index (χ0v) is 11.2. The van der Waals surface area contributed by atoms with Crippen molar-refractivity contribution in [3.05, 3.63) is 34.1 Å². The van der Waals surface area contributed by atoms with Crippen molar-refractivity contribution in [3.63, 3.8) is 0 Å². The summed E-state index contributed by atoms with van der Waals surface area (Å²) in [5.74, 6) is -0.451. The average Bonchev–Trinajstić information content (AvgIpc) is 2.65. The lowest BCUT2D eigenvalue weighted by Crippen LogP contribution is -2.41. The molecule has 0 unspecified atom stereocenters. The van der Waals surface area contributed by atoms with E-state index in [4.69, 9.17) is 9.29 Å². The fraction of sp³-hybridized carbons (Fsp3) is 0.300. The van der Waals surface area contributed by atoms with E-state index in [2.05, 4.69) is 15.9 Å². The highest BCUT2D eigenvalue weighted by Gasteiger charge is 2.45. The Morgan fingerprint density at radius 1 is 1.71 bits per heavy atom. The molecule has 1 aliphatic rings. The molecule has 1 aromatic rings. The van der Waals surface area contributed by atoms with Gasteiger partial charge in [-0.2, -0.15) is 0 Å². The lowest BCUT2D eigenvalue weighted by molar-refractivity contribution is 0.138. The first-order valence-corrected chi connectivity index (χ1v) is 6.22. The van der Waals surface area contributed by atoms with Crippen LogP contribution in [0.3, 0.4) is 0 Å². The number of benzene rings is 1. The van der Waals surface area contributed by atoms with Gasteiger partial charge in [0.15, 0.2) is 0 Å². The van der Waals surface area contributed by atoms with Crippen LogP contribution < -0.4 is 0 Å². The fourth-order valence-electron chi connectivity index (χ4n) is 1.68. The molecule has 1 heterocycles. The smallest absolute Gasteiger partial charge is 0.420 e. The predicted octanol–water partition coefficient (Wildman–Crippen LogP) is 3.38. The minimum atomic E-state index is -1.16. The molecule has 0 aromatic heterocycles. The van der Waals surface area contributed by atoms with Crippen LogP contribution >= 0.6 is 28.2 Å². The Balaban J connectivity index is 2.50. The number of carboxylic acid groups (broad SMARTS) is 1. The summed E-state index contributed by atoms with van der Waals surface area (Å²) >= 11 is 3.96. The predicted molar refractivity (Wildman–Crippen MR) is 64.9 cm³/mol. The van der Waals surface area contributed by atoms with Crippen molar-refractivity contribution in [3.8, 4) is 0 Å². The molecule has 7 heteroatoms. The Morgan fingerprint density at radius 2 is 2.41 bits per heavy atom. The molecule has 1 amide bonds. The van der Waals surface area contributed by atoms with Crippen molar-refractivity contribution >= 4 is 34.3 Å². The number of hydrogen-bond acceptors (Lipinski definition) is 3. The molecule has 0 radical (unpaired) electrons. The van der Waals surface area contributed by atoms with Crippen molar-refractivity contribution in [2.75, 3.05) is 6.61 Å². The molecule has 1 fully saturated rings. The third kappa shape index (κ3) is 2.14. The molecule has 0 bridgehead atoms. The summed E-state index contributed by atoms with van der Waals surface area (Å²) in [6.07, 6.45) is -1.16. The van der Waals surface area contributed by atoms with E-state index >= 15 is 0 Å². The van der Waals surface area contributed by atoms with Crippen LogP contribution in [-0.4, -0.2) is 22.1 Å². The van der Waals surface area contributed by atoms with Gasteiger partial charge in [0.25, 0.3) is 0 Å². The molecule has 4 nitrogen and oxygen atoms in total. The first-order valence-electron chi connectivity index (χ1n) is 4.73. The van der Waals surface area contributed by atoms with Crippen LogP contribution in [0.1, 0.15) is 12.5 Å². The monoisotopic (exact) mass is 321 g/mol. The number of hydrogen-bond donors (Lipinski definition) is 1. The normalized spacial score (nSPS) is 24.1. The van der Waals surface area contributed by atoms with E-state index < -0.39 is 17.4 Å². The van der Waals surface area contributed by atoms with E-state index in [1.54, 1.807) is 19.1 Å². The third-order valence-corrected chi connectivity index (χ3v) is 4.02. The average molecular weight is 322 g/mol. The van der Waals surface area contributed by atoms with Gasteiger partial charge in [-0.3, -0.25) is 4.18 Å². The fourth-order valence-corrected chi connectivity index (χ4v) is 2.80. The Hall–Kier alpha value is -0.790. The van der Waals surface area contributed by atoms with Gasteiger partial charge < -0.3 is 5.11 Å². The molecule has 0 saturated carbocycles. The van der Waals surface area contributed by atoms with Crippen LogP contribution in [0, 0.1) is 5.82 Å². The number of rotatable bonds is 1. The maximum atomic E-state index is 13.8. The Labute approximate surface area is 110 Å². The molecule has 17 heavy (non-hydrogen) atoms. The van der Waals surface area contributed by atoms with E-state index in [0.717, 1.165) is 16.5 Å². The van der Waals surface area contributed by atoms with Gasteiger partial charge >= 0.3 is 6.09 Å². The van der Waals surface area contributed by atoms with E-state index in [1.165, 1.54) is 6.07 Å². The number of halogens is 2. The van der Waals surface area contributed by atoms with Crippen molar-refractivity contribution < 1.29 is 18.5 Å². The van der Waals surface area contributed by atoms with Crippen LogP contribution in [0.2, 0.25) is 0 Å². The molecule has 1 atom stereocenters. The second-order valence-corrected chi connectivity index (χ2v) is 5.48.